The molecule has 96 valence electrons. The Balaban J connectivity index is 2.07. The monoisotopic (exact) mass is 237 g/mol. The van der Waals surface area contributed by atoms with Crippen LogP contribution in [-0.2, 0) is 17.8 Å². The van der Waals surface area contributed by atoms with E-state index in [2.05, 4.69) is 30.1 Å². The Hall–Kier alpha value is -1.13. The molecule has 4 heteroatoms. The number of aryl methyl sites for hydroxylation is 1. The van der Waals surface area contributed by atoms with Crippen molar-refractivity contribution in [1.82, 2.24) is 15.1 Å². The smallest absolute Gasteiger partial charge is 0.0672 e. The van der Waals surface area contributed by atoms with Gasteiger partial charge in [-0.15, -0.1) is 0 Å². The Morgan fingerprint density at radius 1 is 1.59 bits per heavy atom. The molecular formula is C13H23N3O. The number of hydrogen-bond acceptors (Lipinski definition) is 3. The van der Waals surface area contributed by atoms with Crippen molar-refractivity contribution < 1.29 is 4.74 Å². The Morgan fingerprint density at radius 2 is 2.41 bits per heavy atom. The third-order valence-electron chi connectivity index (χ3n) is 2.24. The number of nitrogens with one attached hydrogen (secondary N) is 1. The van der Waals surface area contributed by atoms with Crippen LogP contribution in [0.4, 0.5) is 0 Å². The zero-order chi connectivity index (χ0) is 12.5. The molecule has 0 radical (unpaired) electrons. The van der Waals surface area contributed by atoms with Crippen LogP contribution < -0.4 is 5.32 Å². The molecule has 4 nitrogen and oxygen atoms in total. The first-order valence-electron chi connectivity index (χ1n) is 6.16. The maximum Gasteiger partial charge on any atom is 0.0672 e. The molecule has 0 aliphatic heterocycles. The van der Waals surface area contributed by atoms with Crippen molar-refractivity contribution in [3.63, 3.8) is 0 Å². The molecule has 1 rings (SSSR count). The highest BCUT2D eigenvalue weighted by Crippen LogP contribution is 1.98. The quantitative estimate of drug-likeness (QED) is 0.527. The van der Waals surface area contributed by atoms with E-state index in [4.69, 9.17) is 4.74 Å². The van der Waals surface area contributed by atoms with Crippen LogP contribution in [0.3, 0.4) is 0 Å². The van der Waals surface area contributed by atoms with E-state index in [1.807, 2.05) is 17.8 Å². The minimum atomic E-state index is 0.649. The number of nitrogens with zero attached hydrogens (tertiary/aromatic N) is 2. The van der Waals surface area contributed by atoms with Crippen LogP contribution in [0.1, 0.15) is 25.8 Å². The average Bonchev–Trinajstić information content (AvgIpc) is 2.71. The minimum absolute atomic E-state index is 0.649. The lowest BCUT2D eigenvalue weighted by Gasteiger charge is -2.04. The van der Waals surface area contributed by atoms with E-state index in [0.717, 1.165) is 38.2 Å². The zero-order valence-electron chi connectivity index (χ0n) is 10.9. The molecule has 1 aromatic heterocycles. The molecule has 0 fully saturated rings. The minimum Gasteiger partial charge on any atom is -0.376 e. The highest BCUT2D eigenvalue weighted by Gasteiger charge is 1.97. The Kier molecular flexibility index (Phi) is 6.58. The number of aromatic nitrogens is 2. The molecule has 17 heavy (non-hydrogen) atoms. The van der Waals surface area contributed by atoms with E-state index >= 15 is 0 Å². The number of ether oxygens (including phenoxy) is 1. The lowest BCUT2D eigenvalue weighted by Crippen LogP contribution is -2.19. The van der Waals surface area contributed by atoms with Crippen LogP contribution in [0, 0.1) is 0 Å². The molecule has 0 amide bonds. The molecule has 0 aliphatic carbocycles. The van der Waals surface area contributed by atoms with E-state index in [1.165, 1.54) is 5.56 Å². The fraction of sp³-hybridized carbons (Fsp3) is 0.615. The van der Waals surface area contributed by atoms with Crippen molar-refractivity contribution in [2.24, 2.45) is 0 Å². The standard InChI is InChI=1S/C13H23N3O/c1-4-6-16-10-13(9-15-16)8-14-5-7-17-11-12(2)3/h9-10,14H,2,4-8,11H2,1,3H3. The molecule has 0 saturated heterocycles. The van der Waals surface area contributed by atoms with Crippen LogP contribution in [-0.4, -0.2) is 29.5 Å². The number of rotatable bonds is 9. The topological polar surface area (TPSA) is 39.1 Å². The van der Waals surface area contributed by atoms with E-state index < -0.39 is 0 Å². The van der Waals surface area contributed by atoms with Gasteiger partial charge in [0.15, 0.2) is 0 Å². The van der Waals surface area contributed by atoms with Gasteiger partial charge in [0.2, 0.25) is 0 Å². The first kappa shape index (κ1) is 13.9. The Bertz CT molecular complexity index is 333. The fourth-order valence-corrected chi connectivity index (χ4v) is 1.47. The van der Waals surface area contributed by atoms with Crippen LogP contribution >= 0.6 is 0 Å². The third-order valence-corrected chi connectivity index (χ3v) is 2.24. The second-order valence-corrected chi connectivity index (χ2v) is 4.30. The third kappa shape index (κ3) is 6.24. The summed E-state index contributed by atoms with van der Waals surface area (Å²) in [5.74, 6) is 0. The first-order chi connectivity index (χ1) is 8.22. The van der Waals surface area contributed by atoms with Gasteiger partial charge >= 0.3 is 0 Å². The average molecular weight is 237 g/mol. The summed E-state index contributed by atoms with van der Waals surface area (Å²) >= 11 is 0. The lowest BCUT2D eigenvalue weighted by molar-refractivity contribution is 0.158. The molecular weight excluding hydrogens is 214 g/mol. The van der Waals surface area contributed by atoms with Crippen molar-refractivity contribution in [3.05, 3.63) is 30.1 Å². The van der Waals surface area contributed by atoms with E-state index in [9.17, 15) is 0 Å². The summed E-state index contributed by atoms with van der Waals surface area (Å²) in [6.45, 7) is 12.0. The van der Waals surface area contributed by atoms with Crippen molar-refractivity contribution >= 4 is 0 Å². The summed E-state index contributed by atoms with van der Waals surface area (Å²) < 4.78 is 7.37. The van der Waals surface area contributed by atoms with Crippen LogP contribution in [0.15, 0.2) is 24.5 Å². The zero-order valence-corrected chi connectivity index (χ0v) is 10.9. The van der Waals surface area contributed by atoms with Gasteiger partial charge in [0.05, 0.1) is 19.4 Å². The maximum absolute atomic E-state index is 5.39. The van der Waals surface area contributed by atoms with E-state index in [1.54, 1.807) is 0 Å². The predicted octanol–water partition coefficient (Wildman–Crippen LogP) is 1.98. The van der Waals surface area contributed by atoms with Crippen molar-refractivity contribution in [3.8, 4) is 0 Å². The van der Waals surface area contributed by atoms with Crippen molar-refractivity contribution in [2.75, 3.05) is 19.8 Å². The van der Waals surface area contributed by atoms with Crippen LogP contribution in [0.5, 0.6) is 0 Å². The van der Waals surface area contributed by atoms with Gasteiger partial charge in [-0.1, -0.05) is 19.1 Å². The summed E-state index contributed by atoms with van der Waals surface area (Å²) in [5.41, 5.74) is 2.28. The fourth-order valence-electron chi connectivity index (χ4n) is 1.47. The van der Waals surface area contributed by atoms with Gasteiger partial charge in [-0.25, -0.2) is 0 Å². The first-order valence-corrected chi connectivity index (χ1v) is 6.16. The molecule has 1 heterocycles. The molecule has 0 bridgehead atoms. The van der Waals surface area contributed by atoms with Gasteiger partial charge in [0.25, 0.3) is 0 Å². The van der Waals surface area contributed by atoms with Gasteiger partial charge < -0.3 is 10.1 Å². The molecule has 0 spiro atoms. The van der Waals surface area contributed by atoms with Gasteiger partial charge in [-0.05, 0) is 13.3 Å². The summed E-state index contributed by atoms with van der Waals surface area (Å²) in [6.07, 6.45) is 5.12. The normalized spacial score (nSPS) is 10.7. The molecule has 0 aromatic carbocycles. The number of hydrogen-bond donors (Lipinski definition) is 1. The SMILES string of the molecule is C=C(C)COCCNCc1cnn(CCC)c1. The second kappa shape index (κ2) is 8.03. The summed E-state index contributed by atoms with van der Waals surface area (Å²) in [6, 6.07) is 0. The lowest BCUT2D eigenvalue weighted by atomic mass is 10.3. The molecule has 0 aliphatic rings. The van der Waals surface area contributed by atoms with Gasteiger partial charge in [0.1, 0.15) is 0 Å². The van der Waals surface area contributed by atoms with Crippen molar-refractivity contribution in [2.45, 2.75) is 33.4 Å². The van der Waals surface area contributed by atoms with Gasteiger partial charge in [-0.3, -0.25) is 4.68 Å². The highest BCUT2D eigenvalue weighted by atomic mass is 16.5. The van der Waals surface area contributed by atoms with Crippen molar-refractivity contribution in [1.29, 1.82) is 0 Å². The Labute approximate surface area is 104 Å². The molecule has 1 aromatic rings. The van der Waals surface area contributed by atoms with E-state index in [-0.39, 0.29) is 0 Å². The van der Waals surface area contributed by atoms with Gasteiger partial charge in [-0.2, -0.15) is 5.10 Å². The largest absolute Gasteiger partial charge is 0.376 e. The summed E-state index contributed by atoms with van der Waals surface area (Å²) in [5, 5.41) is 7.60. The van der Waals surface area contributed by atoms with Gasteiger partial charge in [0, 0.05) is 31.4 Å². The molecule has 0 atom stereocenters. The predicted molar refractivity (Wildman–Crippen MR) is 69.9 cm³/mol. The van der Waals surface area contributed by atoms with E-state index in [0.29, 0.717) is 6.61 Å². The highest BCUT2D eigenvalue weighted by molar-refractivity contribution is 5.03. The molecule has 1 N–H and O–H groups in total. The Morgan fingerprint density at radius 3 is 3.12 bits per heavy atom. The molecule has 0 saturated carbocycles. The van der Waals surface area contributed by atoms with Crippen LogP contribution in [0.25, 0.3) is 0 Å². The molecule has 0 unspecified atom stereocenters. The maximum atomic E-state index is 5.39. The second-order valence-electron chi connectivity index (χ2n) is 4.30. The van der Waals surface area contributed by atoms with Crippen LogP contribution in [0.2, 0.25) is 0 Å². The summed E-state index contributed by atoms with van der Waals surface area (Å²) in [4.78, 5) is 0. The summed E-state index contributed by atoms with van der Waals surface area (Å²) in [7, 11) is 0.